The Morgan fingerprint density at radius 3 is 1.97 bits per heavy atom. The normalized spacial score (nSPS) is 21.6. The van der Waals surface area contributed by atoms with Crippen LogP contribution < -0.4 is 0 Å². The first-order chi connectivity index (χ1) is 15.3. The zero-order valence-electron chi connectivity index (χ0n) is 23.5. The van der Waals surface area contributed by atoms with E-state index in [1.807, 2.05) is 44.2 Å². The number of benzene rings is 1. The van der Waals surface area contributed by atoms with Crippen LogP contribution in [0.3, 0.4) is 0 Å². The molecule has 0 saturated carbocycles. The quantitative estimate of drug-likeness (QED) is 0.227. The summed E-state index contributed by atoms with van der Waals surface area (Å²) in [7, 11) is -4.27. The van der Waals surface area contributed by atoms with Crippen molar-refractivity contribution in [2.45, 2.75) is 110 Å². The van der Waals surface area contributed by atoms with Crippen LogP contribution >= 0.6 is 0 Å². The van der Waals surface area contributed by atoms with Crippen LogP contribution in [-0.4, -0.2) is 45.1 Å². The van der Waals surface area contributed by atoms with Crippen LogP contribution in [0.5, 0.6) is 0 Å². The minimum Gasteiger partial charge on any atom is -0.461 e. The highest BCUT2D eigenvalue weighted by Crippen LogP contribution is 2.49. The van der Waals surface area contributed by atoms with Gasteiger partial charge in [-0.05, 0) is 42.6 Å². The van der Waals surface area contributed by atoms with E-state index in [0.29, 0.717) is 0 Å². The van der Waals surface area contributed by atoms with Crippen LogP contribution in [0.4, 0.5) is 0 Å². The maximum absolute atomic E-state index is 13.7. The van der Waals surface area contributed by atoms with Gasteiger partial charge in [0.1, 0.15) is 6.61 Å². The van der Waals surface area contributed by atoms with Gasteiger partial charge in [-0.25, -0.2) is 0 Å². The third-order valence-corrected chi connectivity index (χ3v) is 18.5. The van der Waals surface area contributed by atoms with Gasteiger partial charge < -0.3 is 13.7 Å². The lowest BCUT2D eigenvalue weighted by atomic mass is 9.78. The lowest BCUT2D eigenvalue weighted by Crippen LogP contribution is -2.77. The molecular weight excluding hydrogens is 458 g/mol. The Balaban J connectivity index is 2.32. The smallest absolute Gasteiger partial charge is 0.311 e. The highest BCUT2D eigenvalue weighted by atomic mass is 28.4. The number of amides is 1. The molecule has 192 valence electrons. The molecule has 0 radical (unpaired) electrons. The predicted molar refractivity (Wildman–Crippen MR) is 144 cm³/mol. The molecular formula is C27H47NO4Si2. The Morgan fingerprint density at radius 2 is 1.50 bits per heavy atom. The van der Waals surface area contributed by atoms with Gasteiger partial charge in [0, 0.05) is 0 Å². The van der Waals surface area contributed by atoms with Crippen molar-refractivity contribution in [2.75, 3.05) is 0 Å². The van der Waals surface area contributed by atoms with Crippen molar-refractivity contribution in [3.63, 3.8) is 0 Å². The number of hydrogen-bond donors (Lipinski definition) is 0. The molecule has 2 rings (SSSR count). The molecule has 1 aromatic carbocycles. The molecule has 4 atom stereocenters. The number of hydrogen-bond acceptors (Lipinski definition) is 4. The van der Waals surface area contributed by atoms with E-state index in [4.69, 9.17) is 9.16 Å². The van der Waals surface area contributed by atoms with Crippen LogP contribution in [0.1, 0.15) is 61.0 Å². The van der Waals surface area contributed by atoms with E-state index in [1.165, 1.54) is 0 Å². The molecule has 0 spiro atoms. The minimum atomic E-state index is -2.19. The zero-order chi connectivity index (χ0) is 26.3. The van der Waals surface area contributed by atoms with Gasteiger partial charge in [0.05, 0.1) is 24.0 Å². The molecule has 1 aliphatic heterocycles. The average molecular weight is 506 g/mol. The first-order valence-electron chi connectivity index (χ1n) is 12.5. The third-order valence-electron chi connectivity index (χ3n) is 8.53. The Kier molecular flexibility index (Phi) is 8.38. The molecule has 1 aromatic rings. The Bertz CT molecular complexity index is 871. The van der Waals surface area contributed by atoms with E-state index < -0.39 is 22.5 Å². The van der Waals surface area contributed by atoms with Crippen LogP contribution in [-0.2, 0) is 25.4 Å². The minimum absolute atomic E-state index is 0.0247. The standard InChI is InChI=1S/C27H47NO4Si2/c1-19(25(30)31-18-21-16-14-13-15-17-21)23-22(20(2)32-34(11,12)27(6,7)8)24(29)28(23)33(9,10)26(3,4)5/h13-17,19-20,22-23H,18H2,1-12H3/t19-,20+,22-,23-/m1/s1. The Labute approximate surface area is 209 Å². The highest BCUT2D eigenvalue weighted by molar-refractivity contribution is 6.80. The van der Waals surface area contributed by atoms with Crippen molar-refractivity contribution in [2.24, 2.45) is 11.8 Å². The molecule has 0 bridgehead atoms. The summed E-state index contributed by atoms with van der Waals surface area (Å²) in [6.07, 6.45) is -0.246. The fourth-order valence-corrected chi connectivity index (χ4v) is 8.25. The van der Waals surface area contributed by atoms with E-state index in [2.05, 4.69) is 72.3 Å². The van der Waals surface area contributed by atoms with E-state index in [1.54, 1.807) is 0 Å². The first-order valence-corrected chi connectivity index (χ1v) is 18.4. The molecule has 7 heteroatoms. The first kappa shape index (κ1) is 28.8. The summed E-state index contributed by atoms with van der Waals surface area (Å²) < 4.78 is 14.5. The summed E-state index contributed by atoms with van der Waals surface area (Å²) in [5, 5.41) is 0.0198. The SMILES string of the molecule is C[C@H](O[Si](C)(C)C(C)(C)C)[C@H]1C(=O)N([Si](C)(C)C(C)(C)C)[C@@H]1[C@@H](C)C(=O)OCc1ccccc1. The van der Waals surface area contributed by atoms with Crippen LogP contribution in [0, 0.1) is 11.8 Å². The average Bonchev–Trinajstić information content (AvgIpc) is 2.68. The van der Waals surface area contributed by atoms with Crippen molar-refractivity contribution < 1.29 is 18.8 Å². The molecule has 0 aromatic heterocycles. The third kappa shape index (κ3) is 5.68. The summed E-state index contributed by atoms with van der Waals surface area (Å²) in [5.74, 6) is -0.881. The van der Waals surface area contributed by atoms with E-state index in [9.17, 15) is 9.59 Å². The van der Waals surface area contributed by atoms with Gasteiger partial charge in [0.2, 0.25) is 5.91 Å². The molecule has 0 N–H and O–H groups in total. The van der Waals surface area contributed by atoms with Crippen molar-refractivity contribution in [3.05, 3.63) is 35.9 Å². The second-order valence-corrected chi connectivity index (χ2v) is 22.9. The van der Waals surface area contributed by atoms with Crippen LogP contribution in [0.25, 0.3) is 0 Å². The fraction of sp³-hybridized carbons (Fsp3) is 0.704. The molecule has 1 saturated heterocycles. The number of carbonyl (C=O) groups is 2. The second kappa shape index (κ2) is 9.90. The van der Waals surface area contributed by atoms with Crippen molar-refractivity contribution >= 4 is 28.4 Å². The van der Waals surface area contributed by atoms with Gasteiger partial charge in [0.25, 0.3) is 0 Å². The van der Waals surface area contributed by atoms with Crippen LogP contribution in [0.15, 0.2) is 30.3 Å². The lowest BCUT2D eigenvalue weighted by molar-refractivity contribution is -0.166. The maximum atomic E-state index is 13.7. The number of rotatable bonds is 8. The second-order valence-electron chi connectivity index (χ2n) is 13.0. The molecule has 0 aliphatic carbocycles. The maximum Gasteiger partial charge on any atom is 0.311 e. The number of carbonyl (C=O) groups excluding carboxylic acids is 2. The fourth-order valence-electron chi connectivity index (χ4n) is 4.27. The van der Waals surface area contributed by atoms with E-state index in [-0.39, 0.29) is 46.6 Å². The Morgan fingerprint density at radius 1 is 0.971 bits per heavy atom. The predicted octanol–water partition coefficient (Wildman–Crippen LogP) is 6.61. The van der Waals surface area contributed by atoms with Gasteiger partial charge >= 0.3 is 5.97 Å². The number of β-lactam (4-membered cyclic amide) rings is 1. The molecule has 1 aliphatic rings. The summed E-state index contributed by atoms with van der Waals surface area (Å²) in [5.41, 5.74) is 0.958. The summed E-state index contributed by atoms with van der Waals surface area (Å²) in [6, 6.07) is 9.50. The highest BCUT2D eigenvalue weighted by Gasteiger charge is 2.62. The van der Waals surface area contributed by atoms with Gasteiger partial charge in [-0.3, -0.25) is 9.59 Å². The zero-order valence-corrected chi connectivity index (χ0v) is 25.5. The summed E-state index contributed by atoms with van der Waals surface area (Å²) >= 11 is 0. The van der Waals surface area contributed by atoms with Crippen molar-refractivity contribution in [1.82, 2.24) is 4.57 Å². The van der Waals surface area contributed by atoms with Gasteiger partial charge in [-0.1, -0.05) is 85.0 Å². The van der Waals surface area contributed by atoms with Gasteiger partial charge in [-0.2, -0.15) is 0 Å². The van der Waals surface area contributed by atoms with Gasteiger partial charge in [0.15, 0.2) is 16.6 Å². The molecule has 34 heavy (non-hydrogen) atoms. The number of esters is 1. The molecule has 1 heterocycles. The largest absolute Gasteiger partial charge is 0.461 e. The van der Waals surface area contributed by atoms with E-state index in [0.717, 1.165) is 5.56 Å². The molecule has 1 fully saturated rings. The topological polar surface area (TPSA) is 55.8 Å². The van der Waals surface area contributed by atoms with Crippen molar-refractivity contribution in [3.8, 4) is 0 Å². The Hall–Kier alpha value is -1.45. The van der Waals surface area contributed by atoms with Crippen molar-refractivity contribution in [1.29, 1.82) is 0 Å². The summed E-state index contributed by atoms with van der Waals surface area (Å²) in [6.45, 7) is 26.3. The van der Waals surface area contributed by atoms with E-state index >= 15 is 0 Å². The lowest BCUT2D eigenvalue weighted by Gasteiger charge is -2.61. The monoisotopic (exact) mass is 505 g/mol. The molecule has 1 amide bonds. The summed E-state index contributed by atoms with van der Waals surface area (Å²) in [4.78, 5) is 26.9. The van der Waals surface area contributed by atoms with Crippen LogP contribution in [0.2, 0.25) is 36.3 Å². The van der Waals surface area contributed by atoms with Gasteiger partial charge in [-0.15, -0.1) is 0 Å². The molecule has 5 nitrogen and oxygen atoms in total. The molecule has 0 unspecified atom stereocenters. The number of ether oxygens (including phenoxy) is 1. The number of nitrogens with zero attached hydrogens (tertiary/aromatic N) is 1.